The van der Waals surface area contributed by atoms with E-state index >= 15 is 0 Å². The van der Waals surface area contributed by atoms with Crippen LogP contribution in [0, 0.1) is 0 Å². The van der Waals surface area contributed by atoms with Gasteiger partial charge in [-0.3, -0.25) is 4.99 Å². The van der Waals surface area contributed by atoms with E-state index in [0.717, 1.165) is 10.2 Å². The third-order valence-electron chi connectivity index (χ3n) is 2.97. The average molecular weight is 333 g/mol. The topological polar surface area (TPSA) is 50.9 Å². The van der Waals surface area contributed by atoms with Gasteiger partial charge in [0.25, 0.3) is 0 Å². The van der Waals surface area contributed by atoms with Gasteiger partial charge in [-0.25, -0.2) is 0 Å². The molecule has 0 amide bonds. The maximum absolute atomic E-state index is 6.00. The predicted molar refractivity (Wildman–Crippen MR) is 78.4 cm³/mol. The largest absolute Gasteiger partial charge is 0.382 e. The molecule has 6 heteroatoms. The second-order valence-electron chi connectivity index (χ2n) is 4.54. The number of nitrogens with two attached hydrogens (primary N) is 1. The number of hydrogen-bond acceptors (Lipinski definition) is 4. The maximum Gasteiger partial charge on any atom is 0.196 e. The van der Waals surface area contributed by atoms with Gasteiger partial charge in [0.2, 0.25) is 0 Å². The Morgan fingerprint density at radius 2 is 2.33 bits per heavy atom. The maximum atomic E-state index is 6.00. The molecule has 98 valence electrons. The number of aliphatic imine (C=N–C) groups is 1. The summed E-state index contributed by atoms with van der Waals surface area (Å²) in [7, 11) is 1.68. The summed E-state index contributed by atoms with van der Waals surface area (Å²) in [5, 5.41) is 0.668. The molecule has 0 radical (unpaired) electrons. The minimum absolute atomic E-state index is 0.258. The fourth-order valence-corrected chi connectivity index (χ4v) is 2.64. The van der Waals surface area contributed by atoms with Crippen LogP contribution in [-0.2, 0) is 4.74 Å². The molecule has 1 atom stereocenters. The van der Waals surface area contributed by atoms with Gasteiger partial charge in [0.05, 0.1) is 23.7 Å². The Morgan fingerprint density at radius 3 is 2.94 bits per heavy atom. The van der Waals surface area contributed by atoms with Gasteiger partial charge >= 0.3 is 0 Å². The first-order valence-corrected chi connectivity index (χ1v) is 6.69. The zero-order valence-corrected chi connectivity index (χ0v) is 12.6. The molecule has 1 aromatic carbocycles. The van der Waals surface area contributed by atoms with Crippen LogP contribution in [0.2, 0.25) is 5.02 Å². The zero-order valence-electron chi connectivity index (χ0n) is 10.3. The summed E-state index contributed by atoms with van der Waals surface area (Å²) < 4.78 is 6.11. The summed E-state index contributed by atoms with van der Waals surface area (Å²) in [6.07, 6.45) is 0. The fourth-order valence-electron chi connectivity index (χ4n) is 2.16. The van der Waals surface area contributed by atoms with Crippen molar-refractivity contribution in [3.05, 3.63) is 27.7 Å². The Morgan fingerprint density at radius 1 is 1.61 bits per heavy atom. The monoisotopic (exact) mass is 331 g/mol. The number of benzene rings is 1. The highest BCUT2D eigenvalue weighted by molar-refractivity contribution is 9.10. The zero-order chi connectivity index (χ0) is 13.3. The van der Waals surface area contributed by atoms with Crippen LogP contribution in [0.4, 0.5) is 5.69 Å². The standard InChI is InChI=1S/C12H15BrClN3O/c1-12(7-18-2)6-16-11(15)17(12)8-3-4-10(14)9(13)5-8/h3-5H,6-7H2,1-2H3,(H2,15,16). The predicted octanol–water partition coefficient (Wildman–Crippen LogP) is 2.64. The Labute approximate surface area is 120 Å². The average Bonchev–Trinajstić information content (AvgIpc) is 2.60. The summed E-state index contributed by atoms with van der Waals surface area (Å²) in [6, 6.07) is 5.69. The quantitative estimate of drug-likeness (QED) is 0.926. The third kappa shape index (κ3) is 2.35. The van der Waals surface area contributed by atoms with Crippen molar-refractivity contribution >= 4 is 39.2 Å². The lowest BCUT2D eigenvalue weighted by Gasteiger charge is -2.35. The van der Waals surface area contributed by atoms with Crippen LogP contribution >= 0.6 is 27.5 Å². The van der Waals surface area contributed by atoms with Gasteiger partial charge in [-0.1, -0.05) is 11.6 Å². The molecule has 0 bridgehead atoms. The summed E-state index contributed by atoms with van der Waals surface area (Å²) in [6.45, 7) is 3.24. The molecule has 2 rings (SSSR count). The lowest BCUT2D eigenvalue weighted by molar-refractivity contribution is 0.149. The molecule has 0 aromatic heterocycles. The van der Waals surface area contributed by atoms with Gasteiger partial charge in [-0.05, 0) is 41.1 Å². The van der Waals surface area contributed by atoms with Gasteiger partial charge in [0.15, 0.2) is 5.96 Å². The SMILES string of the molecule is COCC1(C)CN=C(N)N1c1ccc(Cl)c(Br)c1. The van der Waals surface area contributed by atoms with Gasteiger partial charge in [-0.2, -0.15) is 0 Å². The number of methoxy groups -OCH3 is 1. The molecule has 2 N–H and O–H groups in total. The molecule has 1 unspecified atom stereocenters. The van der Waals surface area contributed by atoms with E-state index in [9.17, 15) is 0 Å². The first-order chi connectivity index (χ1) is 8.48. The second kappa shape index (κ2) is 5.07. The molecule has 0 spiro atoms. The van der Waals surface area contributed by atoms with Crippen LogP contribution in [0.15, 0.2) is 27.7 Å². The second-order valence-corrected chi connectivity index (χ2v) is 5.80. The van der Waals surface area contributed by atoms with E-state index in [2.05, 4.69) is 27.8 Å². The van der Waals surface area contributed by atoms with E-state index in [1.54, 1.807) is 7.11 Å². The van der Waals surface area contributed by atoms with Crippen LogP contribution in [0.3, 0.4) is 0 Å². The highest BCUT2D eigenvalue weighted by atomic mass is 79.9. The Kier molecular flexibility index (Phi) is 3.84. The number of anilines is 1. The first-order valence-electron chi connectivity index (χ1n) is 5.52. The molecule has 18 heavy (non-hydrogen) atoms. The molecule has 1 heterocycles. The van der Waals surface area contributed by atoms with Crippen LogP contribution in [0.25, 0.3) is 0 Å². The smallest absolute Gasteiger partial charge is 0.196 e. The van der Waals surface area contributed by atoms with Gasteiger partial charge in [0.1, 0.15) is 0 Å². The molecular weight excluding hydrogens is 318 g/mol. The molecule has 4 nitrogen and oxygen atoms in total. The van der Waals surface area contributed by atoms with E-state index in [0.29, 0.717) is 24.1 Å². The molecule has 1 aliphatic rings. The summed E-state index contributed by atoms with van der Waals surface area (Å²) in [5.74, 6) is 0.503. The number of ether oxygens (including phenoxy) is 1. The van der Waals surface area contributed by atoms with Crippen LogP contribution < -0.4 is 10.6 Å². The van der Waals surface area contributed by atoms with Crippen molar-refractivity contribution in [3.63, 3.8) is 0 Å². The summed E-state index contributed by atoms with van der Waals surface area (Å²) in [5.41, 5.74) is 6.67. The molecule has 0 aliphatic carbocycles. The molecule has 0 fully saturated rings. The Balaban J connectivity index is 2.39. The molecule has 0 saturated heterocycles. The van der Waals surface area contributed by atoms with E-state index in [-0.39, 0.29) is 5.54 Å². The normalized spacial score (nSPS) is 23.3. The molecule has 0 saturated carbocycles. The number of halogens is 2. The van der Waals surface area contributed by atoms with Gasteiger partial charge < -0.3 is 15.4 Å². The fraction of sp³-hybridized carbons (Fsp3) is 0.417. The number of guanidine groups is 1. The third-order valence-corrected chi connectivity index (χ3v) is 4.18. The number of rotatable bonds is 3. The summed E-state index contributed by atoms with van der Waals surface area (Å²) in [4.78, 5) is 6.29. The molecule has 1 aliphatic heterocycles. The highest BCUT2D eigenvalue weighted by Crippen LogP contribution is 2.33. The van der Waals surface area contributed by atoms with Crippen molar-refractivity contribution in [1.29, 1.82) is 0 Å². The molecule has 1 aromatic rings. The van der Waals surface area contributed by atoms with E-state index < -0.39 is 0 Å². The van der Waals surface area contributed by atoms with Crippen molar-refractivity contribution < 1.29 is 4.74 Å². The Hall–Kier alpha value is -0.780. The van der Waals surface area contributed by atoms with Crippen molar-refractivity contribution in [3.8, 4) is 0 Å². The van der Waals surface area contributed by atoms with Gasteiger partial charge in [-0.15, -0.1) is 0 Å². The van der Waals surface area contributed by atoms with Crippen molar-refractivity contribution in [2.24, 2.45) is 10.7 Å². The van der Waals surface area contributed by atoms with Crippen LogP contribution in [0.1, 0.15) is 6.92 Å². The number of nitrogens with zero attached hydrogens (tertiary/aromatic N) is 2. The summed E-state index contributed by atoms with van der Waals surface area (Å²) >= 11 is 9.42. The lowest BCUT2D eigenvalue weighted by Crippen LogP contribution is -2.52. The number of hydrogen-bond donors (Lipinski definition) is 1. The van der Waals surface area contributed by atoms with Crippen molar-refractivity contribution in [1.82, 2.24) is 0 Å². The van der Waals surface area contributed by atoms with Crippen LogP contribution in [0.5, 0.6) is 0 Å². The lowest BCUT2D eigenvalue weighted by atomic mass is 10.0. The van der Waals surface area contributed by atoms with Crippen molar-refractivity contribution in [2.75, 3.05) is 25.2 Å². The Bertz CT molecular complexity index is 494. The first kappa shape index (κ1) is 13.6. The van der Waals surface area contributed by atoms with Crippen molar-refractivity contribution in [2.45, 2.75) is 12.5 Å². The van der Waals surface area contributed by atoms with Gasteiger partial charge in [0, 0.05) is 17.3 Å². The minimum Gasteiger partial charge on any atom is -0.382 e. The minimum atomic E-state index is -0.258. The van der Waals surface area contributed by atoms with E-state index in [4.69, 9.17) is 22.1 Å². The van der Waals surface area contributed by atoms with Crippen LogP contribution in [-0.4, -0.2) is 31.8 Å². The molecular formula is C12H15BrClN3O. The van der Waals surface area contributed by atoms with E-state index in [1.807, 2.05) is 23.1 Å². The van der Waals surface area contributed by atoms with E-state index in [1.165, 1.54) is 0 Å². The highest BCUT2D eigenvalue weighted by Gasteiger charge is 2.39.